The van der Waals surface area contributed by atoms with Gasteiger partial charge < -0.3 is 19.6 Å². The molecule has 3 aliphatic carbocycles. The quantitative estimate of drug-likeness (QED) is 0.668. The number of fused-ring (bicyclic) bond motifs is 2. The molecule has 1 aromatic heterocycles. The minimum atomic E-state index is -4.63. The Bertz CT molecular complexity index is 1120. The summed E-state index contributed by atoms with van der Waals surface area (Å²) in [7, 11) is 0. The van der Waals surface area contributed by atoms with Crippen LogP contribution in [-0.2, 0) is 14.9 Å². The van der Waals surface area contributed by atoms with Gasteiger partial charge in [-0.05, 0) is 43.9 Å². The first-order chi connectivity index (χ1) is 15.6. The fourth-order valence-corrected chi connectivity index (χ4v) is 5.32. The van der Waals surface area contributed by atoms with Gasteiger partial charge in [0.1, 0.15) is 12.0 Å². The van der Waals surface area contributed by atoms with Gasteiger partial charge in [-0.1, -0.05) is 11.6 Å². The van der Waals surface area contributed by atoms with E-state index in [0.717, 1.165) is 0 Å². The maximum absolute atomic E-state index is 12.9. The molecule has 0 saturated heterocycles. The monoisotopic (exact) mass is 484 g/mol. The number of amides is 1. The van der Waals surface area contributed by atoms with Crippen molar-refractivity contribution in [1.82, 2.24) is 10.3 Å². The van der Waals surface area contributed by atoms with Crippen LogP contribution in [0.4, 0.5) is 13.2 Å². The number of ether oxygens (including phenoxy) is 2. The highest BCUT2D eigenvalue weighted by Crippen LogP contribution is 2.78. The molecule has 2 heterocycles. The lowest BCUT2D eigenvalue weighted by atomic mass is 9.80. The average Bonchev–Trinajstić information content (AvgIpc) is 3.40. The van der Waals surface area contributed by atoms with Crippen LogP contribution in [0.2, 0.25) is 5.02 Å². The Balaban J connectivity index is 1.07. The van der Waals surface area contributed by atoms with E-state index in [9.17, 15) is 23.1 Å². The van der Waals surface area contributed by atoms with E-state index >= 15 is 0 Å². The number of alkyl halides is 3. The zero-order valence-electron chi connectivity index (χ0n) is 17.2. The summed E-state index contributed by atoms with van der Waals surface area (Å²) in [5.74, 6) is 0.493. The number of rotatable bonds is 5. The fourth-order valence-electron chi connectivity index (χ4n) is 5.13. The summed E-state index contributed by atoms with van der Waals surface area (Å²) in [6, 6.07) is 4.90. The van der Waals surface area contributed by atoms with Crippen LogP contribution in [0, 0.1) is 0 Å². The maximum atomic E-state index is 12.9. The highest BCUT2D eigenvalue weighted by atomic mass is 35.5. The van der Waals surface area contributed by atoms with E-state index in [0.29, 0.717) is 40.8 Å². The van der Waals surface area contributed by atoms with E-state index in [4.69, 9.17) is 20.8 Å². The fraction of sp³-hybridized carbons (Fsp3) is 0.545. The molecule has 4 aliphatic rings. The summed E-state index contributed by atoms with van der Waals surface area (Å²) in [5.41, 5.74) is 0.366. The summed E-state index contributed by atoms with van der Waals surface area (Å²) in [6.45, 7) is 0. The Morgan fingerprint density at radius 1 is 1.27 bits per heavy atom. The second-order valence-electron chi connectivity index (χ2n) is 9.48. The Morgan fingerprint density at radius 3 is 2.76 bits per heavy atom. The SMILES string of the molecule is O=C(NC12CC1(c1nc(C3CC(OC(F)(F)F)C3)co1)C2)C1CC(O)c2cc(Cl)ccc2O1. The van der Waals surface area contributed by atoms with Gasteiger partial charge >= 0.3 is 6.36 Å². The number of nitrogens with one attached hydrogen (secondary N) is 1. The zero-order valence-corrected chi connectivity index (χ0v) is 17.9. The molecule has 0 radical (unpaired) electrons. The van der Waals surface area contributed by atoms with Crippen molar-refractivity contribution in [3.8, 4) is 5.75 Å². The van der Waals surface area contributed by atoms with Crippen LogP contribution in [0.25, 0.3) is 0 Å². The lowest BCUT2D eigenvalue weighted by Crippen LogP contribution is -2.44. The number of hydrogen-bond donors (Lipinski definition) is 2. The lowest BCUT2D eigenvalue weighted by Gasteiger charge is -2.33. The van der Waals surface area contributed by atoms with Crippen molar-refractivity contribution in [3.63, 3.8) is 0 Å². The van der Waals surface area contributed by atoms with E-state index < -0.39 is 30.2 Å². The third kappa shape index (κ3) is 3.50. The third-order valence-electron chi connectivity index (χ3n) is 7.31. The first-order valence-corrected chi connectivity index (χ1v) is 11.1. The van der Waals surface area contributed by atoms with Gasteiger partial charge in [0.05, 0.1) is 28.9 Å². The standard InChI is InChI=1S/C22H20ClF3N2O5/c23-11-1-2-16-13(5-11)15(29)6-17(32-16)18(30)28-21-8-20(21,9-21)19-27-14(7-31-19)10-3-12(4-10)33-22(24,25)26/h1-2,5,7,10,12,15,17,29H,3-4,6,8-9H2,(H,28,30). The molecule has 2 aromatic rings. The van der Waals surface area contributed by atoms with E-state index in [1.54, 1.807) is 18.2 Å². The van der Waals surface area contributed by atoms with Gasteiger partial charge in [-0.3, -0.25) is 9.53 Å². The Kier molecular flexibility index (Phi) is 4.42. The van der Waals surface area contributed by atoms with Gasteiger partial charge in [-0.2, -0.15) is 0 Å². The smallest absolute Gasteiger partial charge is 0.480 e. The lowest BCUT2D eigenvalue weighted by molar-refractivity contribution is -0.351. The topological polar surface area (TPSA) is 93.8 Å². The number of benzene rings is 1. The molecule has 2 atom stereocenters. The minimum Gasteiger partial charge on any atom is -0.480 e. The first kappa shape index (κ1) is 21.2. The van der Waals surface area contributed by atoms with Crippen LogP contribution >= 0.6 is 11.6 Å². The molecule has 176 valence electrons. The van der Waals surface area contributed by atoms with Crippen LogP contribution in [0.1, 0.15) is 61.3 Å². The molecule has 0 spiro atoms. The Hall–Kier alpha value is -2.30. The maximum Gasteiger partial charge on any atom is 0.522 e. The highest BCUT2D eigenvalue weighted by Gasteiger charge is 2.87. The predicted molar refractivity (Wildman–Crippen MR) is 107 cm³/mol. The number of hydrogen-bond acceptors (Lipinski definition) is 6. The second-order valence-corrected chi connectivity index (χ2v) is 9.92. The largest absolute Gasteiger partial charge is 0.522 e. The first-order valence-electron chi connectivity index (χ1n) is 10.7. The number of carbonyl (C=O) groups excluding carboxylic acids is 1. The number of oxazole rings is 1. The van der Waals surface area contributed by atoms with Crippen molar-refractivity contribution in [2.75, 3.05) is 0 Å². The van der Waals surface area contributed by atoms with E-state index in [1.807, 2.05) is 0 Å². The molecule has 3 fully saturated rings. The molecule has 1 amide bonds. The van der Waals surface area contributed by atoms with Crippen molar-refractivity contribution < 1.29 is 37.0 Å². The van der Waals surface area contributed by atoms with Crippen molar-refractivity contribution >= 4 is 17.5 Å². The number of aromatic nitrogens is 1. The van der Waals surface area contributed by atoms with Gasteiger partial charge in [0.2, 0.25) is 5.89 Å². The Morgan fingerprint density at radius 2 is 2.03 bits per heavy atom. The van der Waals surface area contributed by atoms with Crippen molar-refractivity contribution in [2.45, 2.75) is 73.7 Å². The van der Waals surface area contributed by atoms with E-state index in [-0.39, 0.29) is 36.5 Å². The number of aliphatic hydroxyl groups excluding tert-OH is 1. The average molecular weight is 485 g/mol. The number of aliphatic hydroxyl groups is 1. The summed E-state index contributed by atoms with van der Waals surface area (Å²) < 4.78 is 52.4. The molecule has 1 aliphatic heterocycles. The van der Waals surface area contributed by atoms with Gasteiger partial charge in [0.15, 0.2) is 6.10 Å². The van der Waals surface area contributed by atoms with Gasteiger partial charge in [-0.25, -0.2) is 4.98 Å². The molecule has 2 unspecified atom stereocenters. The highest BCUT2D eigenvalue weighted by molar-refractivity contribution is 6.30. The summed E-state index contributed by atoms with van der Waals surface area (Å²) in [5, 5.41) is 13.9. The van der Waals surface area contributed by atoms with Gasteiger partial charge in [0, 0.05) is 22.9 Å². The Labute approximate surface area is 191 Å². The zero-order chi connectivity index (χ0) is 23.2. The van der Waals surface area contributed by atoms with E-state index in [2.05, 4.69) is 15.0 Å². The summed E-state index contributed by atoms with van der Waals surface area (Å²) in [4.78, 5) is 17.4. The normalized spacial score (nSPS) is 36.2. The van der Waals surface area contributed by atoms with Gasteiger partial charge in [0.25, 0.3) is 5.91 Å². The molecular weight excluding hydrogens is 465 g/mol. The minimum absolute atomic E-state index is 0.119. The predicted octanol–water partition coefficient (Wildman–Crippen LogP) is 3.90. The molecule has 7 nitrogen and oxygen atoms in total. The number of nitrogens with zero attached hydrogens (tertiary/aromatic N) is 1. The van der Waals surface area contributed by atoms with Crippen LogP contribution in [0.15, 0.2) is 28.9 Å². The molecule has 0 bridgehead atoms. The van der Waals surface area contributed by atoms with E-state index in [1.165, 1.54) is 6.26 Å². The molecule has 1 aromatic carbocycles. The van der Waals surface area contributed by atoms with Crippen molar-refractivity contribution in [1.29, 1.82) is 0 Å². The number of carbonyl (C=O) groups is 1. The molecule has 33 heavy (non-hydrogen) atoms. The summed E-state index contributed by atoms with van der Waals surface area (Å²) in [6.07, 6.45) is -3.71. The van der Waals surface area contributed by atoms with Crippen LogP contribution in [0.3, 0.4) is 0 Å². The van der Waals surface area contributed by atoms with Crippen molar-refractivity contribution in [3.05, 3.63) is 46.6 Å². The summed E-state index contributed by atoms with van der Waals surface area (Å²) >= 11 is 5.97. The number of halogens is 4. The molecular formula is C22H20ClF3N2O5. The molecule has 11 heteroatoms. The molecule has 2 N–H and O–H groups in total. The van der Waals surface area contributed by atoms with Crippen LogP contribution in [-0.4, -0.2) is 40.1 Å². The van der Waals surface area contributed by atoms with Crippen LogP contribution < -0.4 is 10.1 Å². The third-order valence-corrected chi connectivity index (χ3v) is 7.55. The molecule has 6 rings (SSSR count). The molecule has 3 saturated carbocycles. The van der Waals surface area contributed by atoms with Gasteiger partial charge in [-0.15, -0.1) is 13.2 Å². The van der Waals surface area contributed by atoms with Crippen LogP contribution in [0.5, 0.6) is 5.75 Å². The van der Waals surface area contributed by atoms with Crippen molar-refractivity contribution in [2.24, 2.45) is 0 Å². The second kappa shape index (κ2) is 6.86.